The molecule has 0 aromatic heterocycles. The Hall–Kier alpha value is -2.27. The van der Waals surface area contributed by atoms with E-state index in [1.165, 1.54) is 34.6 Å². The van der Waals surface area contributed by atoms with E-state index in [0.29, 0.717) is 0 Å². The van der Waals surface area contributed by atoms with Crippen molar-refractivity contribution >= 4 is 27.3 Å². The third-order valence-corrected chi connectivity index (χ3v) is 6.42. The van der Waals surface area contributed by atoms with Crippen LogP contribution in [0.4, 0.5) is 10.1 Å². The summed E-state index contributed by atoms with van der Waals surface area (Å²) in [7, 11) is -3.90. The molecule has 0 radical (unpaired) electrons. The van der Waals surface area contributed by atoms with Crippen LogP contribution in [0, 0.1) is 15.9 Å². The Balaban J connectivity index is 1.88. The monoisotopic (exact) mass is 430 g/mol. The first-order valence-electron chi connectivity index (χ1n) is 8.22. The molecule has 0 amide bonds. The molecule has 1 aliphatic heterocycles. The molecule has 0 saturated carbocycles. The van der Waals surface area contributed by atoms with Gasteiger partial charge in [0.25, 0.3) is 0 Å². The summed E-state index contributed by atoms with van der Waals surface area (Å²) in [6, 6.07) is 7.42. The normalized spacial score (nSPS) is 15.4. The summed E-state index contributed by atoms with van der Waals surface area (Å²) in [4.78, 5) is 10.4. The summed E-state index contributed by atoms with van der Waals surface area (Å²) in [5.74, 6) is -0.799. The average Bonchev–Trinajstić information content (AvgIpc) is 2.68. The number of ether oxygens (including phenoxy) is 2. The summed E-state index contributed by atoms with van der Waals surface area (Å²) in [5.41, 5.74) is -0.495. The summed E-state index contributed by atoms with van der Waals surface area (Å²) >= 11 is 5.92. The molecule has 1 saturated heterocycles. The predicted octanol–water partition coefficient (Wildman–Crippen LogP) is 2.99. The lowest BCUT2D eigenvalue weighted by Gasteiger charge is -2.26. The Bertz CT molecular complexity index is 975. The van der Waals surface area contributed by atoms with Crippen LogP contribution >= 0.6 is 11.6 Å². The van der Waals surface area contributed by atoms with Crippen molar-refractivity contribution in [1.29, 1.82) is 0 Å². The van der Waals surface area contributed by atoms with Crippen molar-refractivity contribution in [3.8, 4) is 5.75 Å². The molecule has 0 spiro atoms. The molecular formula is C17H16ClFN2O6S. The van der Waals surface area contributed by atoms with Crippen molar-refractivity contribution in [2.45, 2.75) is 11.5 Å². The SMILES string of the molecule is O=[N+]([O-])c1cc(S(=O)(=O)N2CCOCC2)ccc1OCc1c(F)cccc1Cl. The lowest BCUT2D eigenvalue weighted by atomic mass is 10.2. The van der Waals surface area contributed by atoms with Crippen molar-refractivity contribution in [3.63, 3.8) is 0 Å². The number of benzene rings is 2. The van der Waals surface area contributed by atoms with E-state index in [1.807, 2.05) is 0 Å². The minimum Gasteiger partial charge on any atom is -0.482 e. The minimum atomic E-state index is -3.90. The first-order chi connectivity index (χ1) is 13.3. The van der Waals surface area contributed by atoms with E-state index in [2.05, 4.69) is 0 Å². The van der Waals surface area contributed by atoms with Crippen molar-refractivity contribution in [1.82, 2.24) is 4.31 Å². The highest BCUT2D eigenvalue weighted by atomic mass is 35.5. The van der Waals surface area contributed by atoms with Gasteiger partial charge in [0.05, 0.1) is 28.1 Å². The van der Waals surface area contributed by atoms with Crippen LogP contribution in [-0.4, -0.2) is 43.9 Å². The number of hydrogen-bond donors (Lipinski definition) is 0. The van der Waals surface area contributed by atoms with Crippen LogP contribution in [0.3, 0.4) is 0 Å². The number of halogens is 2. The van der Waals surface area contributed by atoms with Crippen LogP contribution < -0.4 is 4.74 Å². The van der Waals surface area contributed by atoms with E-state index >= 15 is 0 Å². The van der Waals surface area contributed by atoms with Crippen molar-refractivity contribution < 1.29 is 27.2 Å². The lowest BCUT2D eigenvalue weighted by molar-refractivity contribution is -0.386. The zero-order chi connectivity index (χ0) is 20.3. The summed E-state index contributed by atoms with van der Waals surface area (Å²) in [6.07, 6.45) is 0. The zero-order valence-electron chi connectivity index (χ0n) is 14.5. The maximum atomic E-state index is 13.8. The van der Waals surface area contributed by atoms with Crippen LogP contribution in [0.25, 0.3) is 0 Å². The van der Waals surface area contributed by atoms with E-state index in [1.54, 1.807) is 0 Å². The molecule has 11 heteroatoms. The Morgan fingerprint density at radius 1 is 1.25 bits per heavy atom. The van der Waals surface area contributed by atoms with Gasteiger partial charge in [-0.3, -0.25) is 10.1 Å². The van der Waals surface area contributed by atoms with Gasteiger partial charge in [0.2, 0.25) is 10.0 Å². The highest BCUT2D eigenvalue weighted by Gasteiger charge is 2.29. The van der Waals surface area contributed by atoms with Gasteiger partial charge in [-0.1, -0.05) is 17.7 Å². The fraction of sp³-hybridized carbons (Fsp3) is 0.294. The third kappa shape index (κ3) is 4.25. The molecule has 0 N–H and O–H groups in total. The minimum absolute atomic E-state index is 0.0449. The van der Waals surface area contributed by atoms with Gasteiger partial charge in [0, 0.05) is 24.7 Å². The molecule has 8 nitrogen and oxygen atoms in total. The van der Waals surface area contributed by atoms with Gasteiger partial charge in [-0.25, -0.2) is 12.8 Å². The smallest absolute Gasteiger partial charge is 0.312 e. The second-order valence-corrected chi connectivity index (χ2v) is 8.24. The Labute approximate surface area is 165 Å². The molecule has 3 rings (SSSR count). The molecule has 150 valence electrons. The van der Waals surface area contributed by atoms with Gasteiger partial charge < -0.3 is 9.47 Å². The maximum Gasteiger partial charge on any atom is 0.312 e. The number of nitrogens with zero attached hydrogens (tertiary/aromatic N) is 2. The molecule has 1 fully saturated rings. The predicted molar refractivity (Wildman–Crippen MR) is 98.4 cm³/mol. The first-order valence-corrected chi connectivity index (χ1v) is 10.0. The Morgan fingerprint density at radius 2 is 1.96 bits per heavy atom. The standard InChI is InChI=1S/C17H16ClFN2O6S/c18-14-2-1-3-15(19)13(14)11-27-17-5-4-12(10-16(17)21(22)23)28(24,25)20-6-8-26-9-7-20/h1-5,10H,6-9,11H2. The van der Waals surface area contributed by atoms with Crippen LogP contribution in [0.5, 0.6) is 5.75 Å². The van der Waals surface area contributed by atoms with Gasteiger partial charge in [-0.05, 0) is 24.3 Å². The molecule has 0 atom stereocenters. The van der Waals surface area contributed by atoms with Gasteiger partial charge in [-0.15, -0.1) is 0 Å². The van der Waals surface area contributed by atoms with E-state index in [0.717, 1.165) is 6.07 Å². The zero-order valence-corrected chi connectivity index (χ0v) is 16.1. The largest absolute Gasteiger partial charge is 0.482 e. The number of sulfonamides is 1. The molecule has 1 aliphatic rings. The van der Waals surface area contributed by atoms with Crippen LogP contribution in [-0.2, 0) is 21.4 Å². The van der Waals surface area contributed by atoms with Gasteiger partial charge in [0.15, 0.2) is 5.75 Å². The van der Waals surface area contributed by atoms with E-state index in [-0.39, 0.29) is 54.1 Å². The molecule has 28 heavy (non-hydrogen) atoms. The molecule has 0 aliphatic carbocycles. The summed E-state index contributed by atoms with van der Waals surface area (Å²) in [5, 5.41) is 11.5. The quantitative estimate of drug-likeness (QED) is 0.516. The highest BCUT2D eigenvalue weighted by Crippen LogP contribution is 2.32. The Kier molecular flexibility index (Phi) is 6.14. The third-order valence-electron chi connectivity index (χ3n) is 4.17. The van der Waals surface area contributed by atoms with Crippen molar-refractivity contribution in [3.05, 3.63) is 62.9 Å². The number of nitro groups is 1. The second-order valence-electron chi connectivity index (χ2n) is 5.89. The Morgan fingerprint density at radius 3 is 2.61 bits per heavy atom. The average molecular weight is 431 g/mol. The number of hydrogen-bond acceptors (Lipinski definition) is 6. The lowest BCUT2D eigenvalue weighted by Crippen LogP contribution is -2.40. The van der Waals surface area contributed by atoms with Crippen LogP contribution in [0.1, 0.15) is 5.56 Å². The summed E-state index contributed by atoms with van der Waals surface area (Å²) in [6.45, 7) is 0.500. The van der Waals surface area contributed by atoms with E-state index in [4.69, 9.17) is 21.1 Å². The molecule has 0 unspecified atom stereocenters. The van der Waals surface area contributed by atoms with E-state index < -0.39 is 26.5 Å². The van der Waals surface area contributed by atoms with Gasteiger partial charge in [0.1, 0.15) is 12.4 Å². The molecule has 2 aromatic carbocycles. The number of morpholine rings is 1. The molecule has 0 bridgehead atoms. The van der Waals surface area contributed by atoms with Crippen LogP contribution in [0.2, 0.25) is 5.02 Å². The molecule has 2 aromatic rings. The summed E-state index contributed by atoms with van der Waals surface area (Å²) < 4.78 is 50.9. The fourth-order valence-electron chi connectivity index (χ4n) is 2.68. The second kappa shape index (κ2) is 8.39. The van der Waals surface area contributed by atoms with Gasteiger partial charge in [-0.2, -0.15) is 4.31 Å². The first kappa shape index (κ1) is 20.5. The van der Waals surface area contributed by atoms with Crippen LogP contribution in [0.15, 0.2) is 41.3 Å². The highest BCUT2D eigenvalue weighted by molar-refractivity contribution is 7.89. The fourth-order valence-corrected chi connectivity index (χ4v) is 4.32. The van der Waals surface area contributed by atoms with Crippen molar-refractivity contribution in [2.24, 2.45) is 0 Å². The topological polar surface area (TPSA) is 99.0 Å². The number of rotatable bonds is 6. The molecule has 1 heterocycles. The maximum absolute atomic E-state index is 13.8. The molecular weight excluding hydrogens is 415 g/mol. The number of nitro benzene ring substituents is 1. The van der Waals surface area contributed by atoms with Gasteiger partial charge >= 0.3 is 5.69 Å². The van der Waals surface area contributed by atoms with Crippen molar-refractivity contribution in [2.75, 3.05) is 26.3 Å². The van der Waals surface area contributed by atoms with E-state index in [9.17, 15) is 22.9 Å².